The number of rotatable bonds is 3. The second-order valence-electron chi connectivity index (χ2n) is 6.07. The summed E-state index contributed by atoms with van der Waals surface area (Å²) in [6.07, 6.45) is 0. The third-order valence-electron chi connectivity index (χ3n) is 4.59. The van der Waals surface area contributed by atoms with Crippen molar-refractivity contribution in [3.05, 3.63) is 71.5 Å². The van der Waals surface area contributed by atoms with Crippen molar-refractivity contribution in [2.75, 3.05) is 0 Å². The molecule has 3 atom stereocenters. The van der Waals surface area contributed by atoms with E-state index < -0.39 is 18.0 Å². The predicted octanol–water partition coefficient (Wildman–Crippen LogP) is 1.53. The van der Waals surface area contributed by atoms with Gasteiger partial charge in [-0.2, -0.15) is 0 Å². The Morgan fingerprint density at radius 3 is 2.42 bits per heavy atom. The van der Waals surface area contributed by atoms with Crippen LogP contribution in [0.5, 0.6) is 0 Å². The van der Waals surface area contributed by atoms with Crippen molar-refractivity contribution in [3.8, 4) is 0 Å². The topological polar surface area (TPSA) is 61.4 Å². The van der Waals surface area contributed by atoms with Crippen LogP contribution in [0.4, 0.5) is 4.39 Å². The largest absolute Gasteiger partial charge is 0.295 e. The van der Waals surface area contributed by atoms with Gasteiger partial charge in [-0.3, -0.25) is 14.9 Å². The molecule has 2 N–H and O–H groups in total. The number of nitrogens with one attached hydrogen (secondary N) is 2. The minimum absolute atomic E-state index is 0.340. The van der Waals surface area contributed by atoms with E-state index >= 15 is 0 Å². The molecule has 122 valence electrons. The number of imide groups is 1. The summed E-state index contributed by atoms with van der Waals surface area (Å²) in [4.78, 5) is 24.5. The van der Waals surface area contributed by atoms with E-state index in [1.165, 1.54) is 6.07 Å². The van der Waals surface area contributed by atoms with Crippen LogP contribution in [0.15, 0.2) is 54.6 Å². The minimum Gasteiger partial charge on any atom is -0.295 e. The maximum absolute atomic E-state index is 14.2. The van der Waals surface area contributed by atoms with E-state index in [1.807, 2.05) is 30.3 Å². The highest BCUT2D eigenvalue weighted by Crippen LogP contribution is 2.38. The quantitative estimate of drug-likeness (QED) is 0.840. The fourth-order valence-corrected chi connectivity index (χ4v) is 3.51. The molecule has 2 saturated heterocycles. The summed E-state index contributed by atoms with van der Waals surface area (Å²) in [5.74, 6) is -1.73. The molecule has 0 spiro atoms. The number of nitrogens with zero attached hydrogens (tertiary/aromatic N) is 1. The van der Waals surface area contributed by atoms with Crippen LogP contribution in [0.2, 0.25) is 0 Å². The normalized spacial score (nSPS) is 26.5. The lowest BCUT2D eigenvalue weighted by molar-refractivity contribution is -0.127. The van der Waals surface area contributed by atoms with Gasteiger partial charge in [-0.25, -0.2) is 14.8 Å². The van der Waals surface area contributed by atoms with Gasteiger partial charge in [0.1, 0.15) is 11.9 Å². The van der Waals surface area contributed by atoms with Gasteiger partial charge in [0, 0.05) is 12.1 Å². The highest BCUT2D eigenvalue weighted by molar-refractivity contribution is 6.07. The summed E-state index contributed by atoms with van der Waals surface area (Å²) < 4.78 is 14.2. The predicted molar refractivity (Wildman–Crippen MR) is 84.7 cm³/mol. The van der Waals surface area contributed by atoms with Gasteiger partial charge in [-0.05, 0) is 11.6 Å². The highest BCUT2D eigenvalue weighted by atomic mass is 19.1. The molecular formula is C18H16FN3O2. The van der Waals surface area contributed by atoms with Crippen molar-refractivity contribution < 1.29 is 14.0 Å². The molecule has 6 heteroatoms. The number of carbonyl (C=O) groups excluding carboxylic acids is 2. The van der Waals surface area contributed by atoms with Gasteiger partial charge in [-0.15, -0.1) is 0 Å². The van der Waals surface area contributed by atoms with Gasteiger partial charge >= 0.3 is 0 Å². The summed E-state index contributed by atoms with van der Waals surface area (Å²) in [6.45, 7) is 0.452. The first-order valence-corrected chi connectivity index (χ1v) is 7.81. The number of fused-ring (bicyclic) bond motifs is 1. The number of carbonyl (C=O) groups is 2. The monoisotopic (exact) mass is 325 g/mol. The average molecular weight is 325 g/mol. The van der Waals surface area contributed by atoms with E-state index in [0.29, 0.717) is 12.1 Å². The zero-order valence-electron chi connectivity index (χ0n) is 12.8. The molecule has 2 fully saturated rings. The molecule has 2 amide bonds. The molecule has 4 rings (SSSR count). The van der Waals surface area contributed by atoms with E-state index in [1.54, 1.807) is 23.2 Å². The first kappa shape index (κ1) is 15.0. The SMILES string of the molecule is O=C1NC(=O)[C@@H]2[C@H]1[C@H](c1ccccc1F)NN2Cc1ccccc1. The van der Waals surface area contributed by atoms with Crippen molar-refractivity contribution in [1.82, 2.24) is 15.8 Å². The van der Waals surface area contributed by atoms with Crippen LogP contribution in [0.1, 0.15) is 17.2 Å². The second kappa shape index (κ2) is 5.81. The lowest BCUT2D eigenvalue weighted by atomic mass is 9.90. The number of hydrogen-bond donors (Lipinski definition) is 2. The van der Waals surface area contributed by atoms with Crippen molar-refractivity contribution in [3.63, 3.8) is 0 Å². The van der Waals surface area contributed by atoms with Crippen LogP contribution >= 0.6 is 0 Å². The molecule has 24 heavy (non-hydrogen) atoms. The second-order valence-corrected chi connectivity index (χ2v) is 6.07. The summed E-state index contributed by atoms with van der Waals surface area (Å²) >= 11 is 0. The molecule has 2 aliphatic rings. The number of hydrogen-bond acceptors (Lipinski definition) is 4. The first-order chi connectivity index (χ1) is 11.6. The highest BCUT2D eigenvalue weighted by Gasteiger charge is 2.55. The zero-order valence-corrected chi connectivity index (χ0v) is 12.8. The van der Waals surface area contributed by atoms with Crippen LogP contribution in [-0.2, 0) is 16.1 Å². The van der Waals surface area contributed by atoms with Gasteiger partial charge < -0.3 is 0 Å². The summed E-state index contributed by atoms with van der Waals surface area (Å²) in [5, 5.41) is 4.11. The lowest BCUT2D eigenvalue weighted by Crippen LogP contribution is -2.43. The Morgan fingerprint density at radius 2 is 1.67 bits per heavy atom. The van der Waals surface area contributed by atoms with E-state index in [2.05, 4.69) is 10.7 Å². The summed E-state index contributed by atoms with van der Waals surface area (Å²) in [5.41, 5.74) is 4.57. The van der Waals surface area contributed by atoms with Crippen molar-refractivity contribution in [2.45, 2.75) is 18.6 Å². The average Bonchev–Trinajstić information content (AvgIpc) is 3.09. The molecule has 2 aromatic carbocycles. The van der Waals surface area contributed by atoms with Gasteiger partial charge in [0.2, 0.25) is 11.8 Å². The molecule has 5 nitrogen and oxygen atoms in total. The maximum Gasteiger partial charge on any atom is 0.246 e. The van der Waals surface area contributed by atoms with Gasteiger partial charge in [0.05, 0.1) is 12.0 Å². The standard InChI is InChI=1S/C18H16FN3O2/c19-13-9-5-4-8-12(13)15-14-16(18(24)20-17(14)23)22(21-15)10-11-6-2-1-3-7-11/h1-9,14-16,21H,10H2,(H,20,23,24)/t14-,15+,16+/m1/s1. The first-order valence-electron chi connectivity index (χ1n) is 7.81. The van der Waals surface area contributed by atoms with E-state index in [0.717, 1.165) is 5.56 Å². The van der Waals surface area contributed by atoms with Crippen LogP contribution in [0.3, 0.4) is 0 Å². The Bertz CT molecular complexity index is 796. The molecule has 0 radical (unpaired) electrons. The molecule has 2 aromatic rings. The van der Waals surface area contributed by atoms with Gasteiger partial charge in [0.15, 0.2) is 0 Å². The number of hydrazine groups is 1. The van der Waals surface area contributed by atoms with E-state index in [9.17, 15) is 14.0 Å². The molecule has 0 saturated carbocycles. The molecule has 0 aromatic heterocycles. The van der Waals surface area contributed by atoms with Crippen LogP contribution in [0.25, 0.3) is 0 Å². The molecular weight excluding hydrogens is 309 g/mol. The van der Waals surface area contributed by atoms with Crippen LogP contribution < -0.4 is 10.7 Å². The number of halogens is 1. The van der Waals surface area contributed by atoms with E-state index in [4.69, 9.17) is 0 Å². The number of amides is 2. The van der Waals surface area contributed by atoms with Crippen molar-refractivity contribution in [2.24, 2.45) is 5.92 Å². The lowest BCUT2D eigenvalue weighted by Gasteiger charge is -2.22. The van der Waals surface area contributed by atoms with Crippen LogP contribution in [0, 0.1) is 11.7 Å². The molecule has 0 bridgehead atoms. The fraction of sp³-hybridized carbons (Fsp3) is 0.222. The van der Waals surface area contributed by atoms with Crippen molar-refractivity contribution in [1.29, 1.82) is 0 Å². The summed E-state index contributed by atoms with van der Waals surface area (Å²) in [7, 11) is 0. The fourth-order valence-electron chi connectivity index (χ4n) is 3.51. The zero-order chi connectivity index (χ0) is 16.7. The Kier molecular flexibility index (Phi) is 3.63. The Hall–Kier alpha value is -2.57. The molecule has 2 aliphatic heterocycles. The minimum atomic E-state index is -0.641. The third kappa shape index (κ3) is 2.40. The van der Waals surface area contributed by atoms with Gasteiger partial charge in [0.25, 0.3) is 0 Å². The number of benzene rings is 2. The Balaban J connectivity index is 1.69. The Labute approximate surface area is 138 Å². The molecule has 0 unspecified atom stereocenters. The smallest absolute Gasteiger partial charge is 0.246 e. The third-order valence-corrected chi connectivity index (χ3v) is 4.59. The van der Waals surface area contributed by atoms with Crippen LogP contribution in [-0.4, -0.2) is 22.9 Å². The summed E-state index contributed by atoms with van der Waals surface area (Å²) in [6, 6.07) is 14.8. The Morgan fingerprint density at radius 1 is 0.958 bits per heavy atom. The van der Waals surface area contributed by atoms with E-state index in [-0.39, 0.29) is 17.6 Å². The maximum atomic E-state index is 14.2. The van der Waals surface area contributed by atoms with Gasteiger partial charge in [-0.1, -0.05) is 48.5 Å². The molecule has 0 aliphatic carbocycles. The molecule has 2 heterocycles. The van der Waals surface area contributed by atoms with Crippen molar-refractivity contribution >= 4 is 11.8 Å².